The molecule has 2 unspecified atom stereocenters. The van der Waals surface area contributed by atoms with E-state index in [0.29, 0.717) is 12.0 Å². The molecule has 1 saturated carbocycles. The molecule has 18 heavy (non-hydrogen) atoms. The SMILES string of the molecule is CC1CN=C(C(c2ccsc2)C2CCCCC2)N1. The van der Waals surface area contributed by atoms with Crippen LogP contribution in [0.15, 0.2) is 21.8 Å². The summed E-state index contributed by atoms with van der Waals surface area (Å²) < 4.78 is 0. The third kappa shape index (κ3) is 2.46. The molecule has 0 aromatic carbocycles. The van der Waals surface area contributed by atoms with Crippen LogP contribution in [-0.2, 0) is 0 Å². The average Bonchev–Trinajstić information content (AvgIpc) is 3.04. The van der Waals surface area contributed by atoms with Gasteiger partial charge in [0, 0.05) is 12.0 Å². The first-order chi connectivity index (χ1) is 8.84. The molecule has 1 fully saturated rings. The first-order valence-corrected chi connectivity index (χ1v) is 8.12. The number of nitrogens with one attached hydrogen (secondary N) is 1. The average molecular weight is 262 g/mol. The monoisotopic (exact) mass is 262 g/mol. The number of aliphatic imine (C=N–C) groups is 1. The molecular weight excluding hydrogens is 240 g/mol. The first kappa shape index (κ1) is 12.2. The van der Waals surface area contributed by atoms with E-state index in [1.165, 1.54) is 43.5 Å². The third-order valence-electron chi connectivity index (χ3n) is 4.25. The van der Waals surface area contributed by atoms with E-state index in [0.717, 1.165) is 12.5 Å². The Balaban J connectivity index is 1.84. The van der Waals surface area contributed by atoms with Crippen LogP contribution < -0.4 is 5.32 Å². The molecule has 1 N–H and O–H groups in total. The van der Waals surface area contributed by atoms with Crippen molar-refractivity contribution in [1.82, 2.24) is 5.32 Å². The van der Waals surface area contributed by atoms with E-state index in [1.807, 2.05) is 11.3 Å². The van der Waals surface area contributed by atoms with Crippen LogP contribution in [-0.4, -0.2) is 18.4 Å². The minimum absolute atomic E-state index is 0.518. The third-order valence-corrected chi connectivity index (χ3v) is 4.95. The van der Waals surface area contributed by atoms with Gasteiger partial charge in [-0.3, -0.25) is 4.99 Å². The number of amidine groups is 1. The molecule has 0 radical (unpaired) electrons. The number of rotatable bonds is 3. The lowest BCUT2D eigenvalue weighted by Crippen LogP contribution is -2.35. The van der Waals surface area contributed by atoms with Gasteiger partial charge >= 0.3 is 0 Å². The fourth-order valence-corrected chi connectivity index (χ4v) is 4.04. The van der Waals surface area contributed by atoms with Crippen LogP contribution in [0, 0.1) is 5.92 Å². The molecule has 2 atom stereocenters. The summed E-state index contributed by atoms with van der Waals surface area (Å²) in [7, 11) is 0. The second kappa shape index (κ2) is 5.43. The number of hydrogen-bond acceptors (Lipinski definition) is 3. The van der Waals surface area contributed by atoms with Crippen LogP contribution in [0.3, 0.4) is 0 Å². The van der Waals surface area contributed by atoms with E-state index in [9.17, 15) is 0 Å². The lowest BCUT2D eigenvalue weighted by Gasteiger charge is -2.30. The van der Waals surface area contributed by atoms with Crippen molar-refractivity contribution in [3.05, 3.63) is 22.4 Å². The molecule has 3 heteroatoms. The molecule has 2 aliphatic rings. The van der Waals surface area contributed by atoms with E-state index < -0.39 is 0 Å². The van der Waals surface area contributed by atoms with E-state index in [-0.39, 0.29) is 0 Å². The van der Waals surface area contributed by atoms with Crippen molar-refractivity contribution in [2.75, 3.05) is 6.54 Å². The van der Waals surface area contributed by atoms with Crippen LogP contribution in [0.4, 0.5) is 0 Å². The summed E-state index contributed by atoms with van der Waals surface area (Å²) in [6, 6.07) is 2.81. The number of hydrogen-bond donors (Lipinski definition) is 1. The van der Waals surface area contributed by atoms with Crippen molar-refractivity contribution < 1.29 is 0 Å². The first-order valence-electron chi connectivity index (χ1n) is 7.17. The summed E-state index contributed by atoms with van der Waals surface area (Å²) in [6.45, 7) is 3.17. The van der Waals surface area contributed by atoms with Crippen LogP contribution in [0.2, 0.25) is 0 Å². The van der Waals surface area contributed by atoms with Gasteiger partial charge in [-0.1, -0.05) is 19.3 Å². The zero-order valence-corrected chi connectivity index (χ0v) is 11.9. The molecule has 2 heterocycles. The van der Waals surface area contributed by atoms with Gasteiger partial charge in [-0.05, 0) is 48.1 Å². The van der Waals surface area contributed by atoms with Crippen LogP contribution in [0.25, 0.3) is 0 Å². The Kier molecular flexibility index (Phi) is 3.69. The van der Waals surface area contributed by atoms with Crippen LogP contribution in [0.1, 0.15) is 50.5 Å². The molecule has 0 saturated heterocycles. The molecule has 98 valence electrons. The molecular formula is C15H22N2S. The normalized spacial score (nSPS) is 26.7. The van der Waals surface area contributed by atoms with Gasteiger partial charge in [0.2, 0.25) is 0 Å². The van der Waals surface area contributed by atoms with Crippen molar-refractivity contribution in [1.29, 1.82) is 0 Å². The zero-order chi connectivity index (χ0) is 12.4. The molecule has 1 aliphatic carbocycles. The second-order valence-electron chi connectivity index (χ2n) is 5.70. The second-order valence-corrected chi connectivity index (χ2v) is 6.48. The highest BCUT2D eigenvalue weighted by Gasteiger charge is 2.31. The lowest BCUT2D eigenvalue weighted by molar-refractivity contribution is 0.339. The Morgan fingerprint density at radius 1 is 1.33 bits per heavy atom. The van der Waals surface area contributed by atoms with Crippen molar-refractivity contribution >= 4 is 17.2 Å². The van der Waals surface area contributed by atoms with Crippen molar-refractivity contribution in [3.8, 4) is 0 Å². The van der Waals surface area contributed by atoms with E-state index >= 15 is 0 Å². The lowest BCUT2D eigenvalue weighted by atomic mass is 9.77. The molecule has 1 aromatic rings. The summed E-state index contributed by atoms with van der Waals surface area (Å²) in [6.07, 6.45) is 6.95. The minimum atomic E-state index is 0.518. The summed E-state index contributed by atoms with van der Waals surface area (Å²) in [5.41, 5.74) is 1.48. The predicted octanol–water partition coefficient (Wildman–Crippen LogP) is 3.80. The molecule has 0 spiro atoms. The van der Waals surface area contributed by atoms with Gasteiger partial charge < -0.3 is 5.32 Å². The van der Waals surface area contributed by atoms with E-state index in [4.69, 9.17) is 4.99 Å². The van der Waals surface area contributed by atoms with Crippen molar-refractivity contribution in [2.45, 2.75) is 51.0 Å². The summed E-state index contributed by atoms with van der Waals surface area (Å²) in [5, 5.41) is 8.10. The molecule has 3 rings (SSSR count). The Hall–Kier alpha value is -0.830. The van der Waals surface area contributed by atoms with Crippen LogP contribution >= 0.6 is 11.3 Å². The van der Waals surface area contributed by atoms with Crippen molar-refractivity contribution in [2.24, 2.45) is 10.9 Å². The summed E-state index contributed by atoms with van der Waals surface area (Å²) >= 11 is 1.81. The minimum Gasteiger partial charge on any atom is -0.369 e. The van der Waals surface area contributed by atoms with Gasteiger partial charge in [0.1, 0.15) is 5.84 Å². The topological polar surface area (TPSA) is 24.4 Å². The largest absolute Gasteiger partial charge is 0.369 e. The Morgan fingerprint density at radius 2 is 2.17 bits per heavy atom. The molecule has 1 aromatic heterocycles. The molecule has 2 nitrogen and oxygen atoms in total. The van der Waals surface area contributed by atoms with Crippen molar-refractivity contribution in [3.63, 3.8) is 0 Å². The van der Waals surface area contributed by atoms with E-state index in [1.54, 1.807) is 0 Å². The van der Waals surface area contributed by atoms with Gasteiger partial charge in [-0.25, -0.2) is 0 Å². The Morgan fingerprint density at radius 3 is 2.78 bits per heavy atom. The molecule has 1 aliphatic heterocycles. The van der Waals surface area contributed by atoms with Crippen LogP contribution in [0.5, 0.6) is 0 Å². The highest BCUT2D eigenvalue weighted by atomic mass is 32.1. The summed E-state index contributed by atoms with van der Waals surface area (Å²) in [4.78, 5) is 4.76. The zero-order valence-electron chi connectivity index (χ0n) is 11.1. The van der Waals surface area contributed by atoms with Gasteiger partial charge in [-0.15, -0.1) is 0 Å². The number of thiophene rings is 1. The predicted molar refractivity (Wildman–Crippen MR) is 78.5 cm³/mol. The fourth-order valence-electron chi connectivity index (χ4n) is 3.34. The van der Waals surface area contributed by atoms with Gasteiger partial charge in [0.15, 0.2) is 0 Å². The Labute approximate surface area is 114 Å². The van der Waals surface area contributed by atoms with Gasteiger partial charge in [-0.2, -0.15) is 11.3 Å². The fraction of sp³-hybridized carbons (Fsp3) is 0.667. The highest BCUT2D eigenvalue weighted by molar-refractivity contribution is 7.08. The van der Waals surface area contributed by atoms with Gasteiger partial charge in [0.25, 0.3) is 0 Å². The Bertz CT molecular complexity index is 404. The maximum Gasteiger partial charge on any atom is 0.105 e. The maximum absolute atomic E-state index is 4.76. The van der Waals surface area contributed by atoms with E-state index in [2.05, 4.69) is 29.1 Å². The molecule has 0 bridgehead atoms. The standard InChI is InChI=1S/C15H22N2S/c1-11-9-16-15(17-11)14(13-7-8-18-10-13)12-5-3-2-4-6-12/h7-8,10-12,14H,2-6,9H2,1H3,(H,16,17). The smallest absolute Gasteiger partial charge is 0.105 e. The number of nitrogens with zero attached hydrogens (tertiary/aromatic N) is 1. The highest BCUT2D eigenvalue weighted by Crippen LogP contribution is 2.38. The maximum atomic E-state index is 4.76. The molecule has 0 amide bonds. The summed E-state index contributed by atoms with van der Waals surface area (Å²) in [5.74, 6) is 2.58. The quantitative estimate of drug-likeness (QED) is 0.880. The van der Waals surface area contributed by atoms with Gasteiger partial charge in [0.05, 0.1) is 6.54 Å².